The highest BCUT2D eigenvalue weighted by Crippen LogP contribution is 2.43. The fourth-order valence-electron chi connectivity index (χ4n) is 2.67. The van der Waals surface area contributed by atoms with Crippen molar-refractivity contribution >= 4 is 8.32 Å². The molecular weight excluding hydrogens is 286 g/mol. The smallest absolute Gasteiger partial charge is 0.250 e. The zero-order valence-corrected chi connectivity index (χ0v) is 15.4. The second kappa shape index (κ2) is 6.30. The maximum atomic E-state index is 9.72. The maximum Gasteiger partial charge on any atom is 0.250 e. The summed E-state index contributed by atoms with van der Waals surface area (Å²) in [6.45, 7) is 11.2. The molecule has 0 aliphatic heterocycles. The molecule has 3 heteroatoms. The summed E-state index contributed by atoms with van der Waals surface area (Å²) in [5, 5.41) is 9.87. The molecule has 0 heterocycles. The molecule has 1 unspecified atom stereocenters. The second-order valence-corrected chi connectivity index (χ2v) is 12.4. The monoisotopic (exact) mass is 313 g/mol. The van der Waals surface area contributed by atoms with E-state index in [9.17, 15) is 5.26 Å². The van der Waals surface area contributed by atoms with Gasteiger partial charge in [-0.3, -0.25) is 0 Å². The number of nitrogens with zero attached hydrogens (tertiary/aromatic N) is 1. The third-order valence-corrected chi connectivity index (χ3v) is 9.42. The number of benzene rings is 1. The van der Waals surface area contributed by atoms with E-state index in [-0.39, 0.29) is 11.0 Å². The van der Waals surface area contributed by atoms with Crippen LogP contribution in [0.25, 0.3) is 0 Å². The molecule has 1 aliphatic rings. The Labute approximate surface area is 135 Å². The molecule has 0 bridgehead atoms. The van der Waals surface area contributed by atoms with Gasteiger partial charge in [-0.05, 0) is 36.5 Å². The molecule has 0 amide bonds. The summed E-state index contributed by atoms with van der Waals surface area (Å²) in [6.07, 6.45) is 3.03. The Morgan fingerprint density at radius 3 is 2.36 bits per heavy atom. The Balaban J connectivity index is 2.36. The molecule has 1 aromatic rings. The number of nitriles is 1. The van der Waals surface area contributed by atoms with Gasteiger partial charge in [-0.2, -0.15) is 5.26 Å². The zero-order chi connectivity index (χ0) is 16.4. The van der Waals surface area contributed by atoms with Gasteiger partial charge in [-0.1, -0.05) is 51.1 Å². The van der Waals surface area contributed by atoms with Crippen LogP contribution < -0.4 is 0 Å². The molecule has 0 radical (unpaired) electrons. The first kappa shape index (κ1) is 16.8. The molecule has 2 nitrogen and oxygen atoms in total. The van der Waals surface area contributed by atoms with Crippen molar-refractivity contribution in [3.05, 3.63) is 47.2 Å². The first-order valence-corrected chi connectivity index (χ1v) is 11.0. The van der Waals surface area contributed by atoms with Gasteiger partial charge in [0.15, 0.2) is 0 Å². The quantitative estimate of drug-likeness (QED) is 0.665. The zero-order valence-electron chi connectivity index (χ0n) is 14.4. The average Bonchev–Trinajstić information content (AvgIpc) is 2.46. The summed E-state index contributed by atoms with van der Waals surface area (Å²) in [4.78, 5) is 0. The summed E-state index contributed by atoms with van der Waals surface area (Å²) < 4.78 is 6.49. The minimum Gasteiger partial charge on any atom is -0.546 e. The van der Waals surface area contributed by atoms with Crippen molar-refractivity contribution in [3.63, 3.8) is 0 Å². The molecule has 2 rings (SSSR count). The van der Waals surface area contributed by atoms with Crippen molar-refractivity contribution in [1.29, 1.82) is 5.26 Å². The van der Waals surface area contributed by atoms with Crippen LogP contribution in [0.3, 0.4) is 0 Å². The highest BCUT2D eigenvalue weighted by Gasteiger charge is 2.40. The van der Waals surface area contributed by atoms with E-state index in [1.165, 1.54) is 5.56 Å². The van der Waals surface area contributed by atoms with Gasteiger partial charge >= 0.3 is 0 Å². The van der Waals surface area contributed by atoms with Gasteiger partial charge in [0.25, 0.3) is 0 Å². The number of hydrogen-bond donors (Lipinski definition) is 0. The van der Waals surface area contributed by atoms with Gasteiger partial charge in [0.2, 0.25) is 8.32 Å². The molecule has 0 saturated heterocycles. The van der Waals surface area contributed by atoms with Gasteiger partial charge in [-0.25, -0.2) is 0 Å². The summed E-state index contributed by atoms with van der Waals surface area (Å²) in [5.41, 5.74) is 2.08. The van der Waals surface area contributed by atoms with Crippen molar-refractivity contribution in [2.45, 2.75) is 64.1 Å². The predicted octanol–water partition coefficient (Wildman–Crippen LogP) is 5.75. The van der Waals surface area contributed by atoms with Crippen molar-refractivity contribution in [2.75, 3.05) is 0 Å². The Kier molecular flexibility index (Phi) is 4.82. The van der Waals surface area contributed by atoms with Crippen LogP contribution in [-0.4, -0.2) is 8.32 Å². The molecule has 0 fully saturated rings. The molecule has 0 saturated carbocycles. The summed E-state index contributed by atoms with van der Waals surface area (Å²) >= 11 is 0. The molecule has 1 aromatic carbocycles. The normalized spacial score (nSPS) is 19.7. The molecule has 0 spiro atoms. The van der Waals surface area contributed by atoms with E-state index in [2.05, 4.69) is 52.1 Å². The molecule has 0 aromatic heterocycles. The predicted molar refractivity (Wildman–Crippen MR) is 94.0 cm³/mol. The first-order chi connectivity index (χ1) is 10.3. The van der Waals surface area contributed by atoms with Crippen LogP contribution in [-0.2, 0) is 4.43 Å². The lowest BCUT2D eigenvalue weighted by atomic mass is 9.82. The van der Waals surface area contributed by atoms with Gasteiger partial charge in [0, 0.05) is 12.3 Å². The molecule has 1 atom stereocenters. The largest absolute Gasteiger partial charge is 0.546 e. The summed E-state index contributed by atoms with van der Waals surface area (Å²) in [5.74, 6) is 1.15. The Morgan fingerprint density at radius 1 is 1.18 bits per heavy atom. The van der Waals surface area contributed by atoms with Crippen LogP contribution >= 0.6 is 0 Å². The topological polar surface area (TPSA) is 33.0 Å². The van der Waals surface area contributed by atoms with E-state index in [0.29, 0.717) is 0 Å². The lowest BCUT2D eigenvalue weighted by Gasteiger charge is -2.39. The fraction of sp³-hybridized carbons (Fsp3) is 0.526. The van der Waals surface area contributed by atoms with Crippen molar-refractivity contribution in [1.82, 2.24) is 0 Å². The van der Waals surface area contributed by atoms with Gasteiger partial charge in [0.05, 0.1) is 17.4 Å². The number of hydrogen-bond acceptors (Lipinski definition) is 2. The van der Waals surface area contributed by atoms with Crippen LogP contribution in [0.2, 0.25) is 18.1 Å². The molecule has 0 N–H and O–H groups in total. The standard InChI is InChI=1S/C19H27NOSi/c1-19(2,3)22(4,5)21-18-13-9-12-16(17(18)14-20)15-10-7-6-8-11-15/h6-8,10-11,16H,9,12-13H2,1-5H3. The highest BCUT2D eigenvalue weighted by atomic mass is 28.4. The van der Waals surface area contributed by atoms with Crippen LogP contribution in [0, 0.1) is 11.3 Å². The van der Waals surface area contributed by atoms with E-state index < -0.39 is 8.32 Å². The fourth-order valence-corrected chi connectivity index (χ4v) is 3.80. The maximum absolute atomic E-state index is 9.72. The van der Waals surface area contributed by atoms with Crippen molar-refractivity contribution in [2.24, 2.45) is 0 Å². The third-order valence-electron chi connectivity index (χ3n) is 5.05. The van der Waals surface area contributed by atoms with E-state index in [1.54, 1.807) is 0 Å². The number of rotatable bonds is 3. The lowest BCUT2D eigenvalue weighted by molar-refractivity contribution is 0.341. The minimum atomic E-state index is -1.89. The Bertz CT molecular complexity index is 590. The Morgan fingerprint density at radius 2 is 1.82 bits per heavy atom. The van der Waals surface area contributed by atoms with E-state index in [0.717, 1.165) is 30.6 Å². The minimum absolute atomic E-state index is 0.153. The van der Waals surface area contributed by atoms with Crippen LogP contribution in [0.4, 0.5) is 0 Å². The molecular formula is C19H27NOSi. The first-order valence-electron chi connectivity index (χ1n) is 8.13. The molecule has 118 valence electrons. The van der Waals surface area contributed by atoms with E-state index >= 15 is 0 Å². The Hall–Kier alpha value is -1.53. The highest BCUT2D eigenvalue weighted by molar-refractivity contribution is 6.74. The van der Waals surface area contributed by atoms with Gasteiger partial charge in [-0.15, -0.1) is 0 Å². The van der Waals surface area contributed by atoms with Crippen molar-refractivity contribution < 1.29 is 4.43 Å². The van der Waals surface area contributed by atoms with Crippen molar-refractivity contribution in [3.8, 4) is 6.07 Å². The lowest BCUT2D eigenvalue weighted by Crippen LogP contribution is -2.41. The second-order valence-electron chi connectivity index (χ2n) is 7.67. The average molecular weight is 314 g/mol. The number of allylic oxidation sites excluding steroid dienone is 2. The van der Waals surface area contributed by atoms with Crippen LogP contribution in [0.5, 0.6) is 0 Å². The molecule has 1 aliphatic carbocycles. The molecule has 22 heavy (non-hydrogen) atoms. The van der Waals surface area contributed by atoms with E-state index in [1.807, 2.05) is 18.2 Å². The van der Waals surface area contributed by atoms with Gasteiger partial charge < -0.3 is 4.43 Å². The van der Waals surface area contributed by atoms with E-state index in [4.69, 9.17) is 4.43 Å². The van der Waals surface area contributed by atoms with Crippen LogP contribution in [0.15, 0.2) is 41.7 Å². The summed E-state index contributed by atoms with van der Waals surface area (Å²) in [7, 11) is -1.89. The van der Waals surface area contributed by atoms with Gasteiger partial charge in [0.1, 0.15) is 0 Å². The van der Waals surface area contributed by atoms with Crippen LogP contribution in [0.1, 0.15) is 51.5 Å². The summed E-state index contributed by atoms with van der Waals surface area (Å²) in [6, 6.07) is 12.8. The third kappa shape index (κ3) is 3.44. The SMILES string of the molecule is CC(C)(C)[Si](C)(C)OC1=C(C#N)C(c2ccccc2)CCC1.